The number of hydrogen-bond donors (Lipinski definition) is 0. The highest BCUT2D eigenvalue weighted by Gasteiger charge is 2.57. The number of hydrogen-bond acceptors (Lipinski definition) is 1. The fourth-order valence-corrected chi connectivity index (χ4v) is 7.17. The lowest BCUT2D eigenvalue weighted by atomic mass is 9.48. The van der Waals surface area contributed by atoms with E-state index in [1.165, 1.54) is 63.5 Å². The summed E-state index contributed by atoms with van der Waals surface area (Å²) < 4.78 is 6.08. The van der Waals surface area contributed by atoms with Gasteiger partial charge in [0.05, 0.1) is 6.26 Å². The Balaban J connectivity index is 1.64. The molecule has 0 aliphatic heterocycles. The van der Waals surface area contributed by atoms with Crippen molar-refractivity contribution >= 4 is 0 Å². The van der Waals surface area contributed by atoms with E-state index in [0.717, 1.165) is 17.8 Å². The second kappa shape index (κ2) is 3.97. The zero-order valence-corrected chi connectivity index (χ0v) is 13.6. The molecule has 0 amide bonds. The van der Waals surface area contributed by atoms with Crippen molar-refractivity contribution in [3.63, 3.8) is 0 Å². The highest BCUT2D eigenvalue weighted by molar-refractivity contribution is 5.42. The van der Waals surface area contributed by atoms with Crippen molar-refractivity contribution < 1.29 is 4.42 Å². The molecule has 0 aromatic carbocycles. The van der Waals surface area contributed by atoms with Crippen LogP contribution in [0.2, 0.25) is 0 Å². The lowest BCUT2D eigenvalue weighted by molar-refractivity contribution is -0.0123. The summed E-state index contributed by atoms with van der Waals surface area (Å²) in [6.45, 7) is 5.17. The minimum atomic E-state index is 0.433. The van der Waals surface area contributed by atoms with E-state index < -0.39 is 0 Å². The maximum atomic E-state index is 6.08. The molecule has 4 aliphatic carbocycles. The Bertz CT molecular complexity index is 585. The first-order valence-electron chi connectivity index (χ1n) is 9.22. The van der Waals surface area contributed by atoms with Gasteiger partial charge in [-0.2, -0.15) is 0 Å². The molecule has 5 unspecified atom stereocenters. The van der Waals surface area contributed by atoms with Crippen LogP contribution in [0.3, 0.4) is 0 Å². The van der Waals surface area contributed by atoms with Crippen LogP contribution in [0.4, 0.5) is 0 Å². The average molecular weight is 284 g/mol. The van der Waals surface area contributed by atoms with Gasteiger partial charge in [-0.3, -0.25) is 0 Å². The van der Waals surface area contributed by atoms with E-state index in [-0.39, 0.29) is 0 Å². The standard InChI is InChI=1S/C20H28O/c1-19-8-4-6-15(19)14-11-17-18-13(12-21-17)5-3-9-20(18,2)16(14)7-10-19/h12,14-16H,3-11H2,1-2H3. The van der Waals surface area contributed by atoms with Crippen LogP contribution < -0.4 is 0 Å². The molecular weight excluding hydrogens is 256 g/mol. The summed E-state index contributed by atoms with van der Waals surface area (Å²) in [6, 6.07) is 0. The summed E-state index contributed by atoms with van der Waals surface area (Å²) in [5.41, 5.74) is 4.30. The first-order valence-corrected chi connectivity index (χ1v) is 9.22. The van der Waals surface area contributed by atoms with Gasteiger partial charge >= 0.3 is 0 Å². The number of fused-ring (bicyclic) bond motifs is 4. The SMILES string of the molecule is CC12CCCC1C1Cc3occ4c3C(C)(CCC4)C1CC2. The molecule has 0 bridgehead atoms. The summed E-state index contributed by atoms with van der Waals surface area (Å²) >= 11 is 0. The predicted octanol–water partition coefficient (Wildman–Crippen LogP) is 5.26. The smallest absolute Gasteiger partial charge is 0.108 e. The van der Waals surface area contributed by atoms with Crippen LogP contribution in [0.1, 0.15) is 75.7 Å². The fraction of sp³-hybridized carbons (Fsp3) is 0.800. The van der Waals surface area contributed by atoms with Gasteiger partial charge < -0.3 is 4.42 Å². The molecule has 0 radical (unpaired) electrons. The molecule has 1 heteroatoms. The van der Waals surface area contributed by atoms with E-state index in [2.05, 4.69) is 20.1 Å². The van der Waals surface area contributed by atoms with Crippen LogP contribution in [-0.4, -0.2) is 0 Å². The third-order valence-electron chi connectivity index (χ3n) is 8.11. The van der Waals surface area contributed by atoms with Crippen LogP contribution in [-0.2, 0) is 18.3 Å². The number of furan rings is 1. The second-order valence-electron chi connectivity index (χ2n) is 9.00. The Labute approximate surface area is 128 Å². The molecule has 5 rings (SSSR count). The maximum absolute atomic E-state index is 6.08. The fourth-order valence-electron chi connectivity index (χ4n) is 7.17. The summed E-state index contributed by atoms with van der Waals surface area (Å²) in [6.07, 6.45) is 14.8. The van der Waals surface area contributed by atoms with Crippen molar-refractivity contribution in [1.29, 1.82) is 0 Å². The quantitative estimate of drug-likeness (QED) is 0.633. The largest absolute Gasteiger partial charge is 0.469 e. The van der Waals surface area contributed by atoms with E-state index in [1.54, 1.807) is 11.1 Å². The van der Waals surface area contributed by atoms with Gasteiger partial charge in [-0.15, -0.1) is 0 Å². The molecule has 1 aromatic heterocycles. The van der Waals surface area contributed by atoms with Gasteiger partial charge in [0.15, 0.2) is 0 Å². The Kier molecular flexibility index (Phi) is 2.42. The van der Waals surface area contributed by atoms with Gasteiger partial charge in [0.2, 0.25) is 0 Å². The third kappa shape index (κ3) is 1.48. The summed E-state index contributed by atoms with van der Waals surface area (Å²) in [7, 11) is 0. The molecule has 5 atom stereocenters. The molecule has 2 fully saturated rings. The normalized spacial score (nSPS) is 47.6. The van der Waals surface area contributed by atoms with Gasteiger partial charge in [-0.1, -0.05) is 20.3 Å². The highest BCUT2D eigenvalue weighted by Crippen LogP contribution is 2.64. The van der Waals surface area contributed by atoms with Crippen molar-refractivity contribution in [3.05, 3.63) is 23.2 Å². The minimum absolute atomic E-state index is 0.433. The average Bonchev–Trinajstić information content (AvgIpc) is 3.04. The molecule has 2 saturated carbocycles. The first-order chi connectivity index (χ1) is 10.1. The Morgan fingerprint density at radius 3 is 2.86 bits per heavy atom. The van der Waals surface area contributed by atoms with Crippen molar-refractivity contribution in [1.82, 2.24) is 0 Å². The van der Waals surface area contributed by atoms with E-state index in [9.17, 15) is 0 Å². The van der Waals surface area contributed by atoms with Crippen molar-refractivity contribution in [2.75, 3.05) is 0 Å². The third-order valence-corrected chi connectivity index (χ3v) is 8.11. The van der Waals surface area contributed by atoms with Crippen LogP contribution >= 0.6 is 0 Å². The van der Waals surface area contributed by atoms with Crippen molar-refractivity contribution in [2.24, 2.45) is 23.2 Å². The van der Waals surface area contributed by atoms with E-state index in [0.29, 0.717) is 10.8 Å². The van der Waals surface area contributed by atoms with E-state index in [1.807, 2.05) is 0 Å². The number of rotatable bonds is 0. The van der Waals surface area contributed by atoms with Gasteiger partial charge in [0, 0.05) is 12.0 Å². The molecule has 0 saturated heterocycles. The molecule has 1 heterocycles. The van der Waals surface area contributed by atoms with E-state index >= 15 is 0 Å². The highest BCUT2D eigenvalue weighted by atomic mass is 16.3. The van der Waals surface area contributed by atoms with E-state index in [4.69, 9.17) is 4.42 Å². The van der Waals surface area contributed by atoms with Crippen molar-refractivity contribution in [2.45, 2.75) is 77.0 Å². The van der Waals surface area contributed by atoms with Crippen LogP contribution in [0.5, 0.6) is 0 Å². The van der Waals surface area contributed by atoms with Gasteiger partial charge in [0.1, 0.15) is 5.76 Å². The topological polar surface area (TPSA) is 13.1 Å². The Hall–Kier alpha value is -0.720. The van der Waals surface area contributed by atoms with Crippen molar-refractivity contribution in [3.8, 4) is 0 Å². The van der Waals surface area contributed by atoms with Crippen LogP contribution in [0.25, 0.3) is 0 Å². The number of aryl methyl sites for hydroxylation is 1. The molecule has 4 aliphatic rings. The molecule has 0 spiro atoms. The lowest BCUT2D eigenvalue weighted by Crippen LogP contribution is -2.51. The Morgan fingerprint density at radius 1 is 1.05 bits per heavy atom. The summed E-state index contributed by atoms with van der Waals surface area (Å²) in [5.74, 6) is 4.18. The molecule has 1 nitrogen and oxygen atoms in total. The second-order valence-corrected chi connectivity index (χ2v) is 9.00. The molecule has 21 heavy (non-hydrogen) atoms. The molecule has 114 valence electrons. The molecule has 0 N–H and O–H groups in total. The molecular formula is C20H28O. The molecule has 1 aromatic rings. The summed E-state index contributed by atoms with van der Waals surface area (Å²) in [4.78, 5) is 0. The lowest BCUT2D eigenvalue weighted by Gasteiger charge is -2.56. The van der Waals surface area contributed by atoms with Gasteiger partial charge in [-0.05, 0) is 79.1 Å². The maximum Gasteiger partial charge on any atom is 0.108 e. The first kappa shape index (κ1) is 12.8. The van der Waals surface area contributed by atoms with Gasteiger partial charge in [0.25, 0.3) is 0 Å². The summed E-state index contributed by atoms with van der Waals surface area (Å²) in [5, 5.41) is 0. The zero-order chi connectivity index (χ0) is 14.2. The van der Waals surface area contributed by atoms with Gasteiger partial charge in [-0.25, -0.2) is 0 Å². The van der Waals surface area contributed by atoms with Crippen LogP contribution in [0.15, 0.2) is 10.7 Å². The minimum Gasteiger partial charge on any atom is -0.469 e. The zero-order valence-electron chi connectivity index (χ0n) is 13.6. The predicted molar refractivity (Wildman–Crippen MR) is 84.4 cm³/mol. The monoisotopic (exact) mass is 284 g/mol. The Morgan fingerprint density at radius 2 is 1.95 bits per heavy atom. The van der Waals surface area contributed by atoms with Crippen LogP contribution in [0, 0.1) is 23.2 Å².